The van der Waals surface area contributed by atoms with Crippen molar-refractivity contribution in [1.82, 2.24) is 10.6 Å². The third kappa shape index (κ3) is 9.94. The number of benzene rings is 2. The summed E-state index contributed by atoms with van der Waals surface area (Å²) in [6.45, 7) is 7.46. The Kier molecular flexibility index (Phi) is 9.53. The molecule has 2 aromatic rings. The molecule has 0 aliphatic carbocycles. The van der Waals surface area contributed by atoms with E-state index >= 15 is 0 Å². The number of anilines is 1. The molecule has 0 spiro atoms. The Morgan fingerprint density at radius 3 is 2.12 bits per heavy atom. The van der Waals surface area contributed by atoms with Crippen LogP contribution in [0.25, 0.3) is 0 Å². The molecule has 9 nitrogen and oxygen atoms in total. The highest BCUT2D eigenvalue weighted by atomic mass is 16.6. The lowest BCUT2D eigenvalue weighted by molar-refractivity contribution is -0.120. The molecule has 0 aliphatic rings. The third-order valence-corrected chi connectivity index (χ3v) is 4.06. The van der Waals surface area contributed by atoms with E-state index in [1.807, 2.05) is 6.92 Å². The van der Waals surface area contributed by atoms with Crippen LogP contribution in [0.4, 0.5) is 10.5 Å². The maximum atomic E-state index is 12.3. The summed E-state index contributed by atoms with van der Waals surface area (Å²) in [5.41, 5.74) is 0.615. The Hall–Kier alpha value is -3.75. The summed E-state index contributed by atoms with van der Waals surface area (Å²) in [5, 5.41) is 7.88. The fourth-order valence-corrected chi connectivity index (χ4v) is 2.65. The second kappa shape index (κ2) is 12.3. The van der Waals surface area contributed by atoms with E-state index in [0.717, 1.165) is 5.75 Å². The SMILES string of the molecule is CCOc1ccc(OCC(=O)Nc2ccccc2CNC(=O)CNC(=O)OC(C)(C)C)cc1. The van der Waals surface area contributed by atoms with E-state index in [1.54, 1.807) is 69.3 Å². The van der Waals surface area contributed by atoms with Gasteiger partial charge in [0.25, 0.3) is 5.91 Å². The molecule has 0 heterocycles. The number of amides is 3. The molecule has 9 heteroatoms. The number of alkyl carbamates (subject to hydrolysis) is 1. The molecule has 0 unspecified atom stereocenters. The first-order valence-corrected chi connectivity index (χ1v) is 10.6. The number of hydrogen-bond acceptors (Lipinski definition) is 6. The van der Waals surface area contributed by atoms with Gasteiger partial charge in [0.1, 0.15) is 23.6 Å². The Balaban J connectivity index is 1.81. The number of rotatable bonds is 10. The van der Waals surface area contributed by atoms with Gasteiger partial charge in [-0.1, -0.05) is 18.2 Å². The molecule has 0 aliphatic heterocycles. The predicted molar refractivity (Wildman–Crippen MR) is 124 cm³/mol. The van der Waals surface area contributed by atoms with Gasteiger partial charge in [0.2, 0.25) is 5.91 Å². The highest BCUT2D eigenvalue weighted by Gasteiger charge is 2.16. The van der Waals surface area contributed by atoms with Gasteiger partial charge in [-0.3, -0.25) is 9.59 Å². The summed E-state index contributed by atoms with van der Waals surface area (Å²) in [6.07, 6.45) is -0.669. The van der Waals surface area contributed by atoms with Crippen molar-refractivity contribution < 1.29 is 28.6 Å². The molecule has 3 amide bonds. The maximum Gasteiger partial charge on any atom is 0.408 e. The van der Waals surface area contributed by atoms with Crippen molar-refractivity contribution in [2.45, 2.75) is 39.8 Å². The van der Waals surface area contributed by atoms with Gasteiger partial charge < -0.3 is 30.2 Å². The molecule has 0 fully saturated rings. The van der Waals surface area contributed by atoms with Gasteiger partial charge in [0.05, 0.1) is 6.61 Å². The molecule has 2 rings (SSSR count). The maximum absolute atomic E-state index is 12.3. The Morgan fingerprint density at radius 2 is 1.48 bits per heavy atom. The van der Waals surface area contributed by atoms with E-state index in [9.17, 15) is 14.4 Å². The van der Waals surface area contributed by atoms with Crippen LogP contribution < -0.4 is 25.4 Å². The summed E-state index contributed by atoms with van der Waals surface area (Å²) in [7, 11) is 0. The summed E-state index contributed by atoms with van der Waals surface area (Å²) in [4.78, 5) is 36.0. The lowest BCUT2D eigenvalue weighted by atomic mass is 10.1. The largest absolute Gasteiger partial charge is 0.494 e. The van der Waals surface area contributed by atoms with E-state index < -0.39 is 11.7 Å². The van der Waals surface area contributed by atoms with Gasteiger partial charge in [-0.25, -0.2) is 4.79 Å². The van der Waals surface area contributed by atoms with Gasteiger partial charge in [0.15, 0.2) is 6.61 Å². The second-order valence-corrected chi connectivity index (χ2v) is 8.03. The van der Waals surface area contributed by atoms with Crippen LogP contribution in [-0.2, 0) is 20.9 Å². The van der Waals surface area contributed by atoms with Crippen molar-refractivity contribution >= 4 is 23.6 Å². The van der Waals surface area contributed by atoms with Gasteiger partial charge in [-0.2, -0.15) is 0 Å². The number of carbonyl (C=O) groups is 3. The van der Waals surface area contributed by atoms with Crippen LogP contribution in [0.5, 0.6) is 11.5 Å². The van der Waals surface area contributed by atoms with Crippen LogP contribution in [0.2, 0.25) is 0 Å². The Bertz CT molecular complexity index is 938. The van der Waals surface area contributed by atoms with Crippen LogP contribution in [0.3, 0.4) is 0 Å². The summed E-state index contributed by atoms with van der Waals surface area (Å²) in [5.74, 6) is 0.549. The smallest absolute Gasteiger partial charge is 0.408 e. The van der Waals surface area contributed by atoms with Crippen LogP contribution in [-0.4, -0.2) is 43.3 Å². The van der Waals surface area contributed by atoms with Gasteiger partial charge in [0, 0.05) is 12.2 Å². The minimum absolute atomic E-state index is 0.172. The monoisotopic (exact) mass is 457 g/mol. The quantitative estimate of drug-likeness (QED) is 0.505. The molecule has 0 saturated carbocycles. The predicted octanol–water partition coefficient (Wildman–Crippen LogP) is 3.24. The average molecular weight is 458 g/mol. The zero-order valence-corrected chi connectivity index (χ0v) is 19.4. The van der Waals surface area contributed by atoms with E-state index in [-0.39, 0.29) is 31.5 Å². The number of nitrogens with one attached hydrogen (secondary N) is 3. The molecular weight excluding hydrogens is 426 g/mol. The zero-order valence-electron chi connectivity index (χ0n) is 19.4. The normalized spacial score (nSPS) is 10.7. The average Bonchev–Trinajstić information content (AvgIpc) is 2.76. The topological polar surface area (TPSA) is 115 Å². The highest BCUT2D eigenvalue weighted by Crippen LogP contribution is 2.18. The van der Waals surface area contributed by atoms with Crippen molar-refractivity contribution in [3.05, 3.63) is 54.1 Å². The van der Waals surface area contributed by atoms with Gasteiger partial charge in [-0.15, -0.1) is 0 Å². The first-order valence-electron chi connectivity index (χ1n) is 10.6. The number of carbonyl (C=O) groups excluding carboxylic acids is 3. The van der Waals surface area contributed by atoms with Crippen LogP contribution in [0.15, 0.2) is 48.5 Å². The standard InChI is InChI=1S/C24H31N3O6/c1-5-31-18-10-12-19(13-11-18)32-16-22(29)27-20-9-7-6-8-17(20)14-25-21(28)15-26-23(30)33-24(2,3)4/h6-13H,5,14-16H2,1-4H3,(H,25,28)(H,26,30)(H,27,29). The van der Waals surface area contributed by atoms with E-state index in [2.05, 4.69) is 16.0 Å². The molecule has 0 saturated heterocycles. The van der Waals surface area contributed by atoms with Crippen LogP contribution in [0.1, 0.15) is 33.3 Å². The first-order chi connectivity index (χ1) is 15.7. The van der Waals surface area contributed by atoms with Crippen molar-refractivity contribution in [2.24, 2.45) is 0 Å². The molecular formula is C24H31N3O6. The molecule has 0 atom stereocenters. The Labute approximate surface area is 193 Å². The van der Waals surface area contributed by atoms with Gasteiger partial charge >= 0.3 is 6.09 Å². The van der Waals surface area contributed by atoms with Crippen molar-refractivity contribution in [3.8, 4) is 11.5 Å². The van der Waals surface area contributed by atoms with Crippen LogP contribution >= 0.6 is 0 Å². The van der Waals surface area contributed by atoms with Crippen molar-refractivity contribution in [1.29, 1.82) is 0 Å². The van der Waals surface area contributed by atoms with Crippen LogP contribution in [0, 0.1) is 0 Å². The minimum atomic E-state index is -0.669. The van der Waals surface area contributed by atoms with E-state index in [0.29, 0.717) is 23.6 Å². The molecule has 0 aromatic heterocycles. The number of para-hydroxylation sites is 1. The number of hydrogen-bond donors (Lipinski definition) is 3. The summed E-state index contributed by atoms with van der Waals surface area (Å²) < 4.78 is 16.0. The summed E-state index contributed by atoms with van der Waals surface area (Å²) >= 11 is 0. The van der Waals surface area contributed by atoms with Crippen molar-refractivity contribution in [2.75, 3.05) is 25.1 Å². The third-order valence-electron chi connectivity index (χ3n) is 4.06. The molecule has 0 bridgehead atoms. The minimum Gasteiger partial charge on any atom is -0.494 e. The van der Waals surface area contributed by atoms with E-state index in [1.165, 1.54) is 0 Å². The fraction of sp³-hybridized carbons (Fsp3) is 0.375. The second-order valence-electron chi connectivity index (χ2n) is 8.03. The molecule has 178 valence electrons. The zero-order chi connectivity index (χ0) is 24.3. The van der Waals surface area contributed by atoms with Gasteiger partial charge in [-0.05, 0) is 63.6 Å². The molecule has 33 heavy (non-hydrogen) atoms. The lowest BCUT2D eigenvalue weighted by Gasteiger charge is -2.19. The Morgan fingerprint density at radius 1 is 0.848 bits per heavy atom. The fourth-order valence-electron chi connectivity index (χ4n) is 2.65. The molecule has 3 N–H and O–H groups in total. The van der Waals surface area contributed by atoms with Crippen molar-refractivity contribution in [3.63, 3.8) is 0 Å². The molecule has 2 aromatic carbocycles. The molecule has 0 radical (unpaired) electrons. The lowest BCUT2D eigenvalue weighted by Crippen LogP contribution is -2.39. The van der Waals surface area contributed by atoms with E-state index in [4.69, 9.17) is 14.2 Å². The number of ether oxygens (including phenoxy) is 3. The highest BCUT2D eigenvalue weighted by molar-refractivity contribution is 5.92. The first kappa shape index (κ1) is 25.5. The summed E-state index contributed by atoms with van der Waals surface area (Å²) in [6, 6.07) is 14.1.